The molecule has 0 fully saturated rings. The molecule has 1 aliphatic heterocycles. The van der Waals surface area contributed by atoms with Crippen LogP contribution >= 0.6 is 0 Å². The van der Waals surface area contributed by atoms with Crippen molar-refractivity contribution in [2.24, 2.45) is 4.99 Å². The topological polar surface area (TPSA) is 114 Å². The lowest BCUT2D eigenvalue weighted by Gasteiger charge is -2.26. The average Bonchev–Trinajstić information content (AvgIpc) is 2.67. The van der Waals surface area contributed by atoms with Gasteiger partial charge in [0.2, 0.25) is 11.9 Å². The van der Waals surface area contributed by atoms with E-state index in [-0.39, 0.29) is 17.2 Å². The van der Waals surface area contributed by atoms with Crippen molar-refractivity contribution in [2.45, 2.75) is 20.0 Å². The molecule has 0 amide bonds. The first-order valence-electron chi connectivity index (χ1n) is 8.94. The van der Waals surface area contributed by atoms with Crippen LogP contribution in [0.4, 0.5) is 17.3 Å². The first-order valence-corrected chi connectivity index (χ1v) is 8.94. The fourth-order valence-corrected chi connectivity index (χ4v) is 3.25. The predicted molar refractivity (Wildman–Crippen MR) is 110 cm³/mol. The van der Waals surface area contributed by atoms with Crippen LogP contribution in [0, 0.1) is 24.0 Å². The Balaban J connectivity index is 1.86. The number of nitrogens with one attached hydrogen (secondary N) is 2. The third kappa shape index (κ3) is 3.57. The summed E-state index contributed by atoms with van der Waals surface area (Å²) in [5.41, 5.74) is 2.23. The molecule has 9 heteroatoms. The van der Waals surface area contributed by atoms with Crippen LogP contribution in [0.25, 0.3) is 0 Å². The Bertz CT molecular complexity index is 1200. The second kappa shape index (κ2) is 7.19. The van der Waals surface area contributed by atoms with Gasteiger partial charge in [0.25, 0.3) is 11.2 Å². The van der Waals surface area contributed by atoms with Crippen molar-refractivity contribution in [2.75, 3.05) is 10.6 Å². The molecule has 1 aliphatic rings. The quantitative estimate of drug-likeness (QED) is 0.524. The van der Waals surface area contributed by atoms with E-state index < -0.39 is 11.1 Å². The van der Waals surface area contributed by atoms with Gasteiger partial charge in [-0.05, 0) is 37.6 Å². The number of nitro benzene ring substituents is 1. The lowest BCUT2D eigenvalue weighted by Crippen LogP contribution is -2.37. The van der Waals surface area contributed by atoms with E-state index in [2.05, 4.69) is 20.6 Å². The first-order chi connectivity index (χ1) is 13.9. The van der Waals surface area contributed by atoms with Gasteiger partial charge in [0.15, 0.2) is 6.17 Å². The molecule has 0 spiro atoms. The number of anilines is 2. The Kier molecular flexibility index (Phi) is 4.55. The highest BCUT2D eigenvalue weighted by atomic mass is 16.6. The Morgan fingerprint density at radius 3 is 2.69 bits per heavy atom. The number of aliphatic imine (C=N–C) groups is 1. The predicted octanol–water partition coefficient (Wildman–Crippen LogP) is 3.21. The second-order valence-corrected chi connectivity index (χ2v) is 6.72. The summed E-state index contributed by atoms with van der Waals surface area (Å²) in [6.07, 6.45) is -0.930. The second-order valence-electron chi connectivity index (χ2n) is 6.72. The molecular weight excluding hydrogens is 372 g/mol. The molecule has 0 saturated heterocycles. The summed E-state index contributed by atoms with van der Waals surface area (Å²) in [5, 5.41) is 17.7. The van der Waals surface area contributed by atoms with Crippen LogP contribution in [-0.2, 0) is 0 Å². The van der Waals surface area contributed by atoms with E-state index in [0.717, 1.165) is 11.3 Å². The molecule has 2 heterocycles. The van der Waals surface area contributed by atoms with Gasteiger partial charge in [-0.25, -0.2) is 9.98 Å². The number of fused-ring (bicyclic) bond motifs is 1. The van der Waals surface area contributed by atoms with E-state index in [1.54, 1.807) is 25.1 Å². The summed E-state index contributed by atoms with van der Waals surface area (Å²) in [4.78, 5) is 32.7. The standard InChI is InChI=1S/C20H18N6O3/c1-12-6-5-7-14(10-12)22-19-23-18(15-8-3-4-9-16(15)26(28)29)25-17(27)11-13(2)21-20(25)24-19/h3-11,18H,1-2H3,(H2,21,22,23,24)/t18-/m0/s1. The number of aromatic nitrogens is 2. The van der Waals surface area contributed by atoms with Crippen LogP contribution in [0.5, 0.6) is 0 Å². The first kappa shape index (κ1) is 18.4. The number of para-hydroxylation sites is 1. The van der Waals surface area contributed by atoms with E-state index in [4.69, 9.17) is 0 Å². The minimum absolute atomic E-state index is 0.114. The van der Waals surface area contributed by atoms with Crippen molar-refractivity contribution < 1.29 is 4.92 Å². The zero-order valence-electron chi connectivity index (χ0n) is 15.8. The van der Waals surface area contributed by atoms with Crippen molar-refractivity contribution in [3.63, 3.8) is 0 Å². The molecule has 1 atom stereocenters. The minimum atomic E-state index is -0.930. The highest BCUT2D eigenvalue weighted by Gasteiger charge is 2.30. The van der Waals surface area contributed by atoms with Crippen molar-refractivity contribution in [3.8, 4) is 0 Å². The third-order valence-corrected chi connectivity index (χ3v) is 4.50. The van der Waals surface area contributed by atoms with Gasteiger partial charge in [-0.2, -0.15) is 0 Å². The molecule has 4 rings (SSSR count). The molecule has 1 aromatic heterocycles. The lowest BCUT2D eigenvalue weighted by atomic mass is 10.1. The zero-order valence-corrected chi connectivity index (χ0v) is 15.8. The Labute approximate surface area is 165 Å². The summed E-state index contributed by atoms with van der Waals surface area (Å²) >= 11 is 0. The minimum Gasteiger partial charge on any atom is -0.326 e. The van der Waals surface area contributed by atoms with Gasteiger partial charge in [0, 0.05) is 23.5 Å². The van der Waals surface area contributed by atoms with Crippen LogP contribution in [0.3, 0.4) is 0 Å². The molecule has 9 nitrogen and oxygen atoms in total. The van der Waals surface area contributed by atoms with Crippen LogP contribution in [-0.4, -0.2) is 20.4 Å². The van der Waals surface area contributed by atoms with Crippen LogP contribution < -0.4 is 16.2 Å². The fraction of sp³-hybridized carbons (Fsp3) is 0.150. The molecule has 0 saturated carbocycles. The van der Waals surface area contributed by atoms with Gasteiger partial charge in [0.1, 0.15) is 0 Å². The highest BCUT2D eigenvalue weighted by molar-refractivity contribution is 6.03. The fourth-order valence-electron chi connectivity index (χ4n) is 3.25. The maximum Gasteiger partial charge on any atom is 0.276 e. The summed E-state index contributed by atoms with van der Waals surface area (Å²) in [6, 6.07) is 15.3. The molecule has 0 unspecified atom stereocenters. The third-order valence-electron chi connectivity index (χ3n) is 4.50. The summed E-state index contributed by atoms with van der Waals surface area (Å²) in [7, 11) is 0. The van der Waals surface area contributed by atoms with E-state index in [9.17, 15) is 14.9 Å². The van der Waals surface area contributed by atoms with E-state index in [1.165, 1.54) is 16.7 Å². The van der Waals surface area contributed by atoms with Crippen molar-refractivity contribution >= 4 is 23.3 Å². The van der Waals surface area contributed by atoms with Gasteiger partial charge < -0.3 is 5.32 Å². The maximum atomic E-state index is 12.7. The molecular formula is C20H18N6O3. The smallest absolute Gasteiger partial charge is 0.276 e. The van der Waals surface area contributed by atoms with Crippen molar-refractivity contribution in [1.29, 1.82) is 0 Å². The number of benzene rings is 2. The molecule has 29 heavy (non-hydrogen) atoms. The van der Waals surface area contributed by atoms with Gasteiger partial charge in [0.05, 0.1) is 10.5 Å². The number of guanidine groups is 1. The van der Waals surface area contributed by atoms with Gasteiger partial charge in [-0.1, -0.05) is 24.3 Å². The number of rotatable bonds is 3. The van der Waals surface area contributed by atoms with Crippen molar-refractivity contribution in [1.82, 2.24) is 9.55 Å². The highest BCUT2D eigenvalue weighted by Crippen LogP contribution is 2.31. The van der Waals surface area contributed by atoms with Crippen molar-refractivity contribution in [3.05, 3.63) is 91.9 Å². The number of hydrogen-bond acceptors (Lipinski definition) is 7. The van der Waals surface area contributed by atoms with Gasteiger partial charge in [-0.3, -0.25) is 24.8 Å². The van der Waals surface area contributed by atoms with E-state index >= 15 is 0 Å². The van der Waals surface area contributed by atoms with Crippen LogP contribution in [0.1, 0.15) is 23.0 Å². The zero-order chi connectivity index (χ0) is 20.5. The van der Waals surface area contributed by atoms with Crippen LogP contribution in [0.2, 0.25) is 0 Å². The molecule has 146 valence electrons. The van der Waals surface area contributed by atoms with Gasteiger partial charge in [-0.15, -0.1) is 0 Å². The molecule has 0 aliphatic carbocycles. The summed E-state index contributed by atoms with van der Waals surface area (Å²) in [5.74, 6) is 0.611. The van der Waals surface area contributed by atoms with Crippen LogP contribution in [0.15, 0.2) is 64.4 Å². The Hall–Kier alpha value is -4.01. The van der Waals surface area contributed by atoms with E-state index in [1.807, 2.05) is 31.2 Å². The number of nitro groups is 1. The van der Waals surface area contributed by atoms with Gasteiger partial charge >= 0.3 is 0 Å². The number of hydrogen-bond donors (Lipinski definition) is 2. The Morgan fingerprint density at radius 1 is 1.14 bits per heavy atom. The van der Waals surface area contributed by atoms with E-state index in [0.29, 0.717) is 17.2 Å². The lowest BCUT2D eigenvalue weighted by molar-refractivity contribution is -0.385. The summed E-state index contributed by atoms with van der Waals surface area (Å²) in [6.45, 7) is 3.68. The number of aryl methyl sites for hydroxylation is 2. The molecule has 3 aromatic rings. The monoisotopic (exact) mass is 390 g/mol. The SMILES string of the molecule is Cc1cccc(NC2=N[C@H](c3ccccc3[N+](=O)[O-])n3c(nc(C)cc3=O)N2)c1. The maximum absolute atomic E-state index is 12.7. The largest absolute Gasteiger partial charge is 0.326 e. The average molecular weight is 390 g/mol. The molecule has 2 N–H and O–H groups in total. The molecule has 0 bridgehead atoms. The molecule has 0 radical (unpaired) electrons. The molecule has 2 aromatic carbocycles. The Morgan fingerprint density at radius 2 is 1.93 bits per heavy atom. The number of nitrogens with zero attached hydrogens (tertiary/aromatic N) is 4. The summed E-state index contributed by atoms with van der Waals surface area (Å²) < 4.78 is 1.32. The normalized spacial score (nSPS) is 15.1.